The van der Waals surface area contributed by atoms with Gasteiger partial charge in [-0.05, 0) is 66.9 Å². The number of carbonyl (C=O) groups is 2. The Morgan fingerprint density at radius 1 is 0.800 bits per heavy atom. The molecule has 0 fully saturated rings. The van der Waals surface area contributed by atoms with Gasteiger partial charge in [0, 0.05) is 29.0 Å². The van der Waals surface area contributed by atoms with Crippen LogP contribution in [0, 0.1) is 13.8 Å². The van der Waals surface area contributed by atoms with Crippen molar-refractivity contribution in [2.75, 3.05) is 21.7 Å². The summed E-state index contributed by atoms with van der Waals surface area (Å²) in [5.74, 6) is 0.299. The average molecular weight is 467 g/mol. The maximum absolute atomic E-state index is 12.9. The Morgan fingerprint density at radius 3 is 2.23 bits per heavy atom. The van der Waals surface area contributed by atoms with Crippen LogP contribution in [-0.4, -0.2) is 21.9 Å². The number of nitrogen functional groups attached to an aromatic ring is 1. The minimum absolute atomic E-state index is 0.322. The van der Waals surface area contributed by atoms with Crippen molar-refractivity contribution in [1.29, 1.82) is 0 Å². The third-order valence-electron chi connectivity index (χ3n) is 5.29. The van der Waals surface area contributed by atoms with E-state index in [4.69, 9.17) is 5.73 Å². The van der Waals surface area contributed by atoms with Crippen LogP contribution in [0.3, 0.4) is 0 Å². The van der Waals surface area contributed by atoms with Gasteiger partial charge in [-0.2, -0.15) is 0 Å². The number of nitrogens with zero attached hydrogens (tertiary/aromatic N) is 2. The third kappa shape index (κ3) is 6.42. The van der Waals surface area contributed by atoms with E-state index >= 15 is 0 Å². The lowest BCUT2D eigenvalue weighted by Crippen LogP contribution is -2.20. The molecule has 0 bridgehead atoms. The summed E-state index contributed by atoms with van der Waals surface area (Å²) >= 11 is 0. The number of anilines is 4. The molecule has 0 aliphatic heterocycles. The monoisotopic (exact) mass is 466 g/mol. The maximum atomic E-state index is 12.9. The fourth-order valence-electron chi connectivity index (χ4n) is 3.56. The van der Waals surface area contributed by atoms with E-state index in [1.165, 1.54) is 0 Å². The van der Waals surface area contributed by atoms with E-state index in [1.807, 2.05) is 62.4 Å². The first-order valence-corrected chi connectivity index (χ1v) is 11.1. The highest BCUT2D eigenvalue weighted by atomic mass is 16.2. The predicted octanol–water partition coefficient (Wildman–Crippen LogP) is 5.16. The summed E-state index contributed by atoms with van der Waals surface area (Å²) in [5, 5.41) is 8.37. The van der Waals surface area contributed by atoms with Gasteiger partial charge in [0.1, 0.15) is 5.82 Å². The van der Waals surface area contributed by atoms with Crippen molar-refractivity contribution in [2.45, 2.75) is 20.3 Å². The molecule has 0 saturated carbocycles. The van der Waals surface area contributed by atoms with Crippen molar-refractivity contribution < 1.29 is 9.59 Å². The molecule has 0 aliphatic carbocycles. The summed E-state index contributed by atoms with van der Waals surface area (Å²) in [5.41, 5.74) is 11.4. The van der Waals surface area contributed by atoms with E-state index < -0.39 is 6.03 Å². The van der Waals surface area contributed by atoms with E-state index in [0.29, 0.717) is 40.6 Å². The molecule has 35 heavy (non-hydrogen) atoms. The molecule has 5 N–H and O–H groups in total. The van der Waals surface area contributed by atoms with Crippen LogP contribution in [-0.2, 0) is 6.42 Å². The Bertz CT molecular complexity index is 1370. The number of nitrogens with two attached hydrogens (primary N) is 1. The second-order valence-corrected chi connectivity index (χ2v) is 8.24. The van der Waals surface area contributed by atoms with E-state index in [-0.39, 0.29) is 5.91 Å². The fraction of sp³-hybridized carbons (Fsp3) is 0.111. The summed E-state index contributed by atoms with van der Waals surface area (Å²) in [6, 6.07) is 19.8. The molecule has 8 nitrogen and oxygen atoms in total. The van der Waals surface area contributed by atoms with Crippen LogP contribution in [0.4, 0.5) is 27.5 Å². The Morgan fingerprint density at radius 2 is 1.51 bits per heavy atom. The first-order valence-electron chi connectivity index (χ1n) is 11.1. The first kappa shape index (κ1) is 23.4. The first-order chi connectivity index (χ1) is 16.9. The molecule has 0 saturated heterocycles. The van der Waals surface area contributed by atoms with Gasteiger partial charge in [0.2, 0.25) is 0 Å². The predicted molar refractivity (Wildman–Crippen MR) is 139 cm³/mol. The average Bonchev–Trinajstić information content (AvgIpc) is 2.81. The fourth-order valence-corrected chi connectivity index (χ4v) is 3.56. The summed E-state index contributed by atoms with van der Waals surface area (Å²) in [4.78, 5) is 34.0. The maximum Gasteiger partial charge on any atom is 0.323 e. The Labute approximate surface area is 203 Å². The van der Waals surface area contributed by atoms with Crippen LogP contribution >= 0.6 is 0 Å². The van der Waals surface area contributed by atoms with Crippen LogP contribution in [0.5, 0.6) is 0 Å². The highest BCUT2D eigenvalue weighted by molar-refractivity contribution is 6.07. The Hall–Kier alpha value is -4.72. The molecule has 1 heterocycles. The number of rotatable bonds is 6. The Balaban J connectivity index is 1.40. The van der Waals surface area contributed by atoms with Crippen molar-refractivity contribution in [3.05, 3.63) is 107 Å². The van der Waals surface area contributed by atoms with Gasteiger partial charge in [-0.3, -0.25) is 4.79 Å². The highest BCUT2D eigenvalue weighted by Gasteiger charge is 2.13. The van der Waals surface area contributed by atoms with E-state index in [0.717, 1.165) is 16.7 Å². The molecule has 0 unspecified atom stereocenters. The molecule has 1 aromatic heterocycles. The lowest BCUT2D eigenvalue weighted by atomic mass is 10.1. The topological polar surface area (TPSA) is 122 Å². The second kappa shape index (κ2) is 10.5. The van der Waals surface area contributed by atoms with Crippen LogP contribution in [0.1, 0.15) is 32.9 Å². The van der Waals surface area contributed by atoms with Crippen molar-refractivity contribution in [1.82, 2.24) is 9.97 Å². The zero-order chi connectivity index (χ0) is 24.8. The molecular weight excluding hydrogens is 440 g/mol. The number of carbonyl (C=O) groups excluding carboxylic acids is 2. The molecule has 4 rings (SSSR count). The normalized spacial score (nSPS) is 10.5. The second-order valence-electron chi connectivity index (χ2n) is 8.24. The molecule has 4 aromatic rings. The number of benzene rings is 3. The number of urea groups is 1. The minimum Gasteiger partial charge on any atom is -0.399 e. The van der Waals surface area contributed by atoms with Gasteiger partial charge in [-0.15, -0.1) is 0 Å². The molecule has 0 aliphatic rings. The van der Waals surface area contributed by atoms with E-state index in [1.54, 1.807) is 30.6 Å². The summed E-state index contributed by atoms with van der Waals surface area (Å²) < 4.78 is 0. The van der Waals surface area contributed by atoms with Crippen molar-refractivity contribution in [3.8, 4) is 0 Å². The standard InChI is InChI=1S/C27H26N6O2/c1-17-5-3-8-21(11-17)32-27(35)33-22-10-9-18(2)24(14-22)26(34)31-23-15-29-25(30-16-23)13-19-6-4-7-20(28)12-19/h3-12,14-16H,13,28H2,1-2H3,(H,31,34)(H2,32,33,35). The van der Waals surface area contributed by atoms with Crippen LogP contribution in [0.15, 0.2) is 79.1 Å². The van der Waals surface area contributed by atoms with Crippen LogP contribution < -0.4 is 21.7 Å². The molecular formula is C27H26N6O2. The smallest absolute Gasteiger partial charge is 0.323 e. The molecule has 0 atom stereocenters. The summed E-state index contributed by atoms with van der Waals surface area (Å²) in [7, 11) is 0. The van der Waals surface area contributed by atoms with Crippen molar-refractivity contribution in [3.63, 3.8) is 0 Å². The number of nitrogens with one attached hydrogen (secondary N) is 3. The molecule has 8 heteroatoms. The number of aromatic nitrogens is 2. The number of amides is 3. The third-order valence-corrected chi connectivity index (χ3v) is 5.29. The van der Waals surface area contributed by atoms with Gasteiger partial charge in [-0.25, -0.2) is 14.8 Å². The highest BCUT2D eigenvalue weighted by Crippen LogP contribution is 2.18. The van der Waals surface area contributed by atoms with Gasteiger partial charge in [0.25, 0.3) is 5.91 Å². The van der Waals surface area contributed by atoms with Crippen LogP contribution in [0.25, 0.3) is 0 Å². The van der Waals surface area contributed by atoms with E-state index in [9.17, 15) is 9.59 Å². The number of hydrogen-bond acceptors (Lipinski definition) is 5. The van der Waals surface area contributed by atoms with Gasteiger partial charge in [0.05, 0.1) is 18.1 Å². The molecule has 0 radical (unpaired) electrons. The Kier molecular flexibility index (Phi) is 7.02. The zero-order valence-corrected chi connectivity index (χ0v) is 19.5. The molecule has 3 amide bonds. The number of aryl methyl sites for hydroxylation is 2. The zero-order valence-electron chi connectivity index (χ0n) is 19.5. The van der Waals surface area contributed by atoms with Crippen molar-refractivity contribution in [2.24, 2.45) is 0 Å². The van der Waals surface area contributed by atoms with Gasteiger partial charge >= 0.3 is 6.03 Å². The van der Waals surface area contributed by atoms with Gasteiger partial charge in [0.15, 0.2) is 0 Å². The lowest BCUT2D eigenvalue weighted by molar-refractivity contribution is 0.102. The number of hydrogen-bond donors (Lipinski definition) is 4. The quantitative estimate of drug-likeness (QED) is 0.292. The molecule has 176 valence electrons. The molecule has 3 aromatic carbocycles. The summed E-state index contributed by atoms with van der Waals surface area (Å²) in [6.45, 7) is 3.78. The van der Waals surface area contributed by atoms with Gasteiger partial charge < -0.3 is 21.7 Å². The SMILES string of the molecule is Cc1cccc(NC(=O)Nc2ccc(C)c(C(=O)Nc3cnc(Cc4cccc(N)c4)nc3)c2)c1. The van der Waals surface area contributed by atoms with Crippen LogP contribution in [0.2, 0.25) is 0 Å². The van der Waals surface area contributed by atoms with Crippen molar-refractivity contribution >= 4 is 34.7 Å². The van der Waals surface area contributed by atoms with E-state index in [2.05, 4.69) is 25.9 Å². The molecule has 0 spiro atoms. The van der Waals surface area contributed by atoms with Gasteiger partial charge in [-0.1, -0.05) is 30.3 Å². The largest absolute Gasteiger partial charge is 0.399 e. The summed E-state index contributed by atoms with van der Waals surface area (Å²) in [6.07, 6.45) is 3.68. The minimum atomic E-state index is -0.394. The lowest BCUT2D eigenvalue weighted by Gasteiger charge is -2.12.